The third-order valence-electron chi connectivity index (χ3n) is 4.78. The summed E-state index contributed by atoms with van der Waals surface area (Å²) in [6.45, 7) is 3.33. The molecular weight excluding hydrogens is 438 g/mol. The quantitative estimate of drug-likeness (QED) is 0.509. The monoisotopic (exact) mass is 459 g/mol. The van der Waals surface area contributed by atoms with Crippen LogP contribution in [0.15, 0.2) is 71.6 Å². The van der Waals surface area contributed by atoms with Gasteiger partial charge in [0.1, 0.15) is 11.5 Å². The van der Waals surface area contributed by atoms with Crippen LogP contribution in [-0.2, 0) is 14.8 Å². The summed E-state index contributed by atoms with van der Waals surface area (Å²) in [5, 5.41) is 0.177. The number of methoxy groups -OCH3 is 1. The summed E-state index contributed by atoms with van der Waals surface area (Å²) in [5.74, 6) is 0.116. The lowest BCUT2D eigenvalue weighted by Gasteiger charge is -2.23. The highest BCUT2D eigenvalue weighted by Gasteiger charge is 2.32. The Bertz CT molecular complexity index is 1200. The van der Waals surface area contributed by atoms with E-state index in [2.05, 4.69) is 0 Å². The summed E-state index contributed by atoms with van der Waals surface area (Å²) in [7, 11) is -2.76. The van der Waals surface area contributed by atoms with Gasteiger partial charge in [-0.15, -0.1) is 0 Å². The maximum absolute atomic E-state index is 13.3. The summed E-state index contributed by atoms with van der Waals surface area (Å²) in [6.07, 6.45) is 0. The van der Waals surface area contributed by atoms with E-state index in [1.807, 2.05) is 26.0 Å². The topological polar surface area (TPSA) is 72.9 Å². The van der Waals surface area contributed by atoms with Crippen molar-refractivity contribution in [2.75, 3.05) is 18.0 Å². The number of nitrogens with zero attached hydrogens (tertiary/aromatic N) is 1. The number of carbonyl (C=O) groups excluding carboxylic acids is 1. The molecule has 8 heteroatoms. The summed E-state index contributed by atoms with van der Waals surface area (Å²) >= 11 is 6.20. The van der Waals surface area contributed by atoms with Crippen molar-refractivity contribution in [2.24, 2.45) is 0 Å². The van der Waals surface area contributed by atoms with Gasteiger partial charge in [0, 0.05) is 0 Å². The fourth-order valence-corrected chi connectivity index (χ4v) is 4.65. The third-order valence-corrected chi connectivity index (χ3v) is 6.84. The van der Waals surface area contributed by atoms with Crippen LogP contribution in [0.3, 0.4) is 0 Å². The van der Waals surface area contributed by atoms with Gasteiger partial charge in [0.2, 0.25) is 0 Å². The number of carbonyl (C=O) groups is 1. The highest BCUT2D eigenvalue weighted by Crippen LogP contribution is 2.32. The second-order valence-electron chi connectivity index (χ2n) is 6.78. The van der Waals surface area contributed by atoms with Crippen LogP contribution in [0.5, 0.6) is 11.5 Å². The predicted molar refractivity (Wildman–Crippen MR) is 121 cm³/mol. The van der Waals surface area contributed by atoms with Gasteiger partial charge in [-0.25, -0.2) is 8.42 Å². The number of benzene rings is 3. The molecule has 6 nitrogen and oxygen atoms in total. The molecule has 0 aliphatic rings. The van der Waals surface area contributed by atoms with Gasteiger partial charge in [-0.1, -0.05) is 41.9 Å². The van der Waals surface area contributed by atoms with Crippen LogP contribution in [0.4, 0.5) is 5.69 Å². The van der Waals surface area contributed by atoms with Crippen molar-refractivity contribution in [3.05, 3.63) is 82.9 Å². The number of aryl methyl sites for hydroxylation is 1. The molecule has 0 saturated carbocycles. The molecule has 0 atom stereocenters. The molecule has 0 radical (unpaired) electrons. The lowest BCUT2D eigenvalue weighted by atomic mass is 10.1. The van der Waals surface area contributed by atoms with Gasteiger partial charge in [-0.05, 0) is 61.4 Å². The lowest BCUT2D eigenvalue weighted by molar-refractivity contribution is -0.119. The minimum Gasteiger partial charge on any atom is -0.495 e. The number of amides is 1. The Morgan fingerprint density at radius 2 is 1.68 bits per heavy atom. The SMILES string of the molecule is COc1ccc(N(C(=O)COc2cccc(C)c2C)S(=O)(=O)c2ccccc2)cc1Cl. The Morgan fingerprint density at radius 1 is 0.968 bits per heavy atom. The number of hydrogen-bond donors (Lipinski definition) is 0. The molecule has 0 fully saturated rings. The number of sulfonamides is 1. The van der Waals surface area contributed by atoms with E-state index in [-0.39, 0.29) is 15.6 Å². The van der Waals surface area contributed by atoms with Crippen LogP contribution in [0.1, 0.15) is 11.1 Å². The zero-order chi connectivity index (χ0) is 22.6. The van der Waals surface area contributed by atoms with Crippen molar-refractivity contribution in [1.29, 1.82) is 0 Å². The summed E-state index contributed by atoms with van der Waals surface area (Å²) in [5.41, 5.74) is 1.96. The van der Waals surface area contributed by atoms with Crippen molar-refractivity contribution in [3.63, 3.8) is 0 Å². The molecule has 0 unspecified atom stereocenters. The molecule has 0 saturated heterocycles. The maximum atomic E-state index is 13.3. The number of rotatable bonds is 7. The molecule has 3 rings (SSSR count). The van der Waals surface area contributed by atoms with E-state index < -0.39 is 22.5 Å². The van der Waals surface area contributed by atoms with Gasteiger partial charge in [0.25, 0.3) is 15.9 Å². The standard InChI is InChI=1S/C23H22ClNO5S/c1-16-8-7-11-21(17(16)2)30-15-23(26)25(18-12-13-22(29-3)20(24)14-18)31(27,28)19-9-5-4-6-10-19/h4-14H,15H2,1-3H3. The number of ether oxygens (including phenoxy) is 2. The van der Waals surface area contributed by atoms with Gasteiger partial charge < -0.3 is 9.47 Å². The van der Waals surface area contributed by atoms with E-state index >= 15 is 0 Å². The van der Waals surface area contributed by atoms with Gasteiger partial charge in [0.15, 0.2) is 6.61 Å². The molecule has 0 aromatic heterocycles. The molecular formula is C23H22ClNO5S. The summed E-state index contributed by atoms with van der Waals surface area (Å²) < 4.78 is 38.2. The first-order valence-corrected chi connectivity index (χ1v) is 11.2. The highest BCUT2D eigenvalue weighted by molar-refractivity contribution is 7.93. The smallest absolute Gasteiger partial charge is 0.278 e. The predicted octanol–water partition coefficient (Wildman–Crippen LogP) is 4.77. The molecule has 3 aromatic carbocycles. The average Bonchev–Trinajstić information content (AvgIpc) is 2.75. The second-order valence-corrected chi connectivity index (χ2v) is 8.98. The molecule has 0 spiro atoms. The van der Waals surface area contributed by atoms with Crippen LogP contribution in [0, 0.1) is 13.8 Å². The minimum absolute atomic E-state index is 0.0259. The highest BCUT2D eigenvalue weighted by atomic mass is 35.5. The lowest BCUT2D eigenvalue weighted by Crippen LogP contribution is -2.40. The molecule has 0 bridgehead atoms. The first-order chi connectivity index (χ1) is 14.8. The van der Waals surface area contributed by atoms with E-state index in [0.717, 1.165) is 11.1 Å². The normalized spacial score (nSPS) is 11.1. The summed E-state index contributed by atoms with van der Waals surface area (Å²) in [4.78, 5) is 13.1. The zero-order valence-corrected chi connectivity index (χ0v) is 18.9. The molecule has 0 aliphatic carbocycles. The molecule has 0 aliphatic heterocycles. The third kappa shape index (κ3) is 4.84. The molecule has 162 valence electrons. The summed E-state index contributed by atoms with van der Waals surface area (Å²) in [6, 6.07) is 17.5. The Hall–Kier alpha value is -3.03. The van der Waals surface area contributed by atoms with Gasteiger partial charge in [-0.2, -0.15) is 4.31 Å². The fourth-order valence-electron chi connectivity index (χ4n) is 2.97. The molecule has 3 aromatic rings. The van der Waals surface area contributed by atoms with Crippen LogP contribution < -0.4 is 13.8 Å². The van der Waals surface area contributed by atoms with E-state index in [1.165, 1.54) is 37.4 Å². The average molecular weight is 460 g/mol. The van der Waals surface area contributed by atoms with Crippen molar-refractivity contribution in [2.45, 2.75) is 18.7 Å². The molecule has 1 amide bonds. The fraction of sp³-hybridized carbons (Fsp3) is 0.174. The zero-order valence-electron chi connectivity index (χ0n) is 17.3. The number of anilines is 1. The van der Waals surface area contributed by atoms with Crippen LogP contribution in [0.25, 0.3) is 0 Å². The second kappa shape index (κ2) is 9.41. The van der Waals surface area contributed by atoms with Gasteiger partial charge in [0.05, 0.1) is 22.7 Å². The minimum atomic E-state index is -4.21. The van der Waals surface area contributed by atoms with Crippen LogP contribution in [-0.4, -0.2) is 28.0 Å². The Balaban J connectivity index is 2.00. The van der Waals surface area contributed by atoms with Gasteiger partial charge in [-0.3, -0.25) is 4.79 Å². The van der Waals surface area contributed by atoms with E-state index in [4.69, 9.17) is 21.1 Å². The maximum Gasteiger partial charge on any atom is 0.278 e. The van der Waals surface area contributed by atoms with E-state index in [9.17, 15) is 13.2 Å². The first kappa shape index (κ1) is 22.7. The van der Waals surface area contributed by atoms with Crippen molar-refractivity contribution in [1.82, 2.24) is 0 Å². The van der Waals surface area contributed by atoms with E-state index in [0.29, 0.717) is 15.8 Å². The Morgan fingerprint density at radius 3 is 2.32 bits per heavy atom. The largest absolute Gasteiger partial charge is 0.495 e. The number of hydrogen-bond acceptors (Lipinski definition) is 5. The Labute approximate surface area is 187 Å². The van der Waals surface area contributed by atoms with Crippen molar-refractivity contribution >= 4 is 33.2 Å². The molecule has 0 heterocycles. The number of halogens is 1. The van der Waals surface area contributed by atoms with Crippen LogP contribution in [0.2, 0.25) is 5.02 Å². The van der Waals surface area contributed by atoms with Crippen molar-refractivity contribution in [3.8, 4) is 11.5 Å². The van der Waals surface area contributed by atoms with Crippen LogP contribution >= 0.6 is 11.6 Å². The molecule has 31 heavy (non-hydrogen) atoms. The van der Waals surface area contributed by atoms with E-state index in [1.54, 1.807) is 24.3 Å². The Kier molecular flexibility index (Phi) is 6.87. The van der Waals surface area contributed by atoms with Crippen molar-refractivity contribution < 1.29 is 22.7 Å². The van der Waals surface area contributed by atoms with Gasteiger partial charge >= 0.3 is 0 Å². The molecule has 0 N–H and O–H groups in total. The first-order valence-electron chi connectivity index (χ1n) is 9.41.